The molecule has 0 fully saturated rings. The molecule has 0 spiro atoms. The second kappa shape index (κ2) is 9.71. The number of para-hydroxylation sites is 1. The minimum Gasteiger partial charge on any atom is -0.299 e. The van der Waals surface area contributed by atoms with Gasteiger partial charge in [-0.3, -0.25) is 4.90 Å². The minimum atomic E-state index is -0.528. The Balaban J connectivity index is 1.42. The van der Waals surface area contributed by atoms with E-state index in [0.29, 0.717) is 12.0 Å². The molecule has 7 aromatic carbocycles. The van der Waals surface area contributed by atoms with E-state index in [1.807, 2.05) is 47.7 Å². The Morgan fingerprint density at radius 1 is 0.638 bits per heavy atom. The SMILES string of the molecule is [2H]c1ccc(-c2nc(N3c4c(c5ccccc5c5c4sc4ccccc45)-c4ccc5ccccc5c4C3(C)C)nc3ccccc23)cc1. The van der Waals surface area contributed by atoms with Crippen molar-refractivity contribution in [1.82, 2.24) is 9.97 Å². The van der Waals surface area contributed by atoms with Crippen molar-refractivity contribution in [3.63, 3.8) is 0 Å². The molecule has 0 radical (unpaired) electrons. The Labute approximate surface area is 277 Å². The van der Waals surface area contributed by atoms with Gasteiger partial charge in [0.2, 0.25) is 5.95 Å². The van der Waals surface area contributed by atoms with Gasteiger partial charge in [-0.2, -0.15) is 0 Å². The van der Waals surface area contributed by atoms with Crippen molar-refractivity contribution in [2.24, 2.45) is 0 Å². The first-order valence-corrected chi connectivity index (χ1v) is 16.8. The van der Waals surface area contributed by atoms with Crippen molar-refractivity contribution in [2.75, 3.05) is 4.90 Å². The van der Waals surface area contributed by atoms with Gasteiger partial charge >= 0.3 is 0 Å². The maximum atomic E-state index is 8.14. The quantitative estimate of drug-likeness (QED) is 0.193. The van der Waals surface area contributed by atoms with E-state index in [-0.39, 0.29) is 0 Å². The summed E-state index contributed by atoms with van der Waals surface area (Å²) < 4.78 is 10.6. The van der Waals surface area contributed by atoms with Crippen molar-refractivity contribution in [2.45, 2.75) is 19.4 Å². The molecule has 0 aliphatic carbocycles. The molecule has 0 bridgehead atoms. The van der Waals surface area contributed by atoms with Crippen molar-refractivity contribution < 1.29 is 1.37 Å². The van der Waals surface area contributed by atoms with Gasteiger partial charge in [-0.15, -0.1) is 11.3 Å². The lowest BCUT2D eigenvalue weighted by Crippen LogP contribution is -2.42. The van der Waals surface area contributed by atoms with Crippen molar-refractivity contribution in [3.8, 4) is 22.4 Å². The lowest BCUT2D eigenvalue weighted by atomic mass is 9.76. The standard InChI is InChI=1S/C43H29N3S/c1-43(2)38-28-17-7-6-14-26(28)24-25-33(38)36-29-18-8-9-19-30(29)37-32-21-11-13-23-35(32)47-41(37)40(36)46(43)42-44-34-22-12-10-20-31(34)39(45-42)27-15-4-3-5-16-27/h3-25H,1-2H3/i3D. The fourth-order valence-corrected chi connectivity index (χ4v) is 9.19. The second-order valence-electron chi connectivity index (χ2n) is 12.9. The van der Waals surface area contributed by atoms with Gasteiger partial charge in [-0.05, 0) is 58.7 Å². The number of rotatable bonds is 2. The summed E-state index contributed by atoms with van der Waals surface area (Å²) in [7, 11) is 0. The van der Waals surface area contributed by atoms with E-state index < -0.39 is 5.54 Å². The number of fused-ring (bicyclic) bond motifs is 13. The Bertz CT molecular complexity index is 2780. The van der Waals surface area contributed by atoms with Crippen LogP contribution in [0.5, 0.6) is 0 Å². The van der Waals surface area contributed by atoms with Crippen LogP contribution in [-0.2, 0) is 5.54 Å². The van der Waals surface area contributed by atoms with E-state index in [0.717, 1.165) is 27.8 Å². The molecule has 9 aromatic rings. The number of aromatic nitrogens is 2. The number of nitrogens with zero attached hydrogens (tertiary/aromatic N) is 3. The highest BCUT2D eigenvalue weighted by atomic mass is 32.1. The highest BCUT2D eigenvalue weighted by Crippen LogP contribution is 2.59. The predicted octanol–water partition coefficient (Wildman–Crippen LogP) is 12.0. The van der Waals surface area contributed by atoms with Gasteiger partial charge in [0.15, 0.2) is 0 Å². The Kier molecular flexibility index (Phi) is 5.29. The summed E-state index contributed by atoms with van der Waals surface area (Å²) in [5.41, 5.74) is 7.11. The fraction of sp³-hybridized carbons (Fsp3) is 0.0698. The Morgan fingerprint density at radius 3 is 2.15 bits per heavy atom. The van der Waals surface area contributed by atoms with Gasteiger partial charge in [0, 0.05) is 32.0 Å². The van der Waals surface area contributed by atoms with Gasteiger partial charge in [-0.25, -0.2) is 9.97 Å². The first-order valence-electron chi connectivity index (χ1n) is 16.5. The van der Waals surface area contributed by atoms with Crippen LogP contribution in [0.1, 0.15) is 20.8 Å². The largest absolute Gasteiger partial charge is 0.299 e. The van der Waals surface area contributed by atoms with Crippen LogP contribution < -0.4 is 4.90 Å². The van der Waals surface area contributed by atoms with Gasteiger partial charge in [-0.1, -0.05) is 127 Å². The normalized spacial score (nSPS) is 14.2. The van der Waals surface area contributed by atoms with E-state index in [4.69, 9.17) is 11.3 Å². The molecule has 0 N–H and O–H groups in total. The summed E-state index contributed by atoms with van der Waals surface area (Å²) in [6, 6.07) is 47.4. The Morgan fingerprint density at radius 2 is 1.32 bits per heavy atom. The van der Waals surface area contributed by atoms with Crippen LogP contribution in [0, 0.1) is 0 Å². The van der Waals surface area contributed by atoms with Gasteiger partial charge < -0.3 is 0 Å². The molecular weight excluding hydrogens is 591 g/mol. The molecule has 0 saturated carbocycles. The molecule has 1 aliphatic heterocycles. The average Bonchev–Trinajstić information content (AvgIpc) is 3.51. The second-order valence-corrected chi connectivity index (χ2v) is 13.9. The zero-order valence-corrected chi connectivity index (χ0v) is 26.8. The van der Waals surface area contributed by atoms with Crippen molar-refractivity contribution in [1.29, 1.82) is 0 Å². The molecule has 1 aliphatic rings. The smallest absolute Gasteiger partial charge is 0.231 e. The van der Waals surface area contributed by atoms with E-state index in [2.05, 4.69) is 116 Å². The molecule has 0 unspecified atom stereocenters. The number of benzene rings is 7. The summed E-state index contributed by atoms with van der Waals surface area (Å²) in [6.07, 6.45) is 0. The van der Waals surface area contributed by atoms with Crippen LogP contribution in [0.4, 0.5) is 11.6 Å². The summed E-state index contributed by atoms with van der Waals surface area (Å²) >= 11 is 1.86. The van der Waals surface area contributed by atoms with Crippen LogP contribution in [-0.4, -0.2) is 9.97 Å². The van der Waals surface area contributed by atoms with Crippen LogP contribution in [0.15, 0.2) is 140 Å². The van der Waals surface area contributed by atoms with E-state index in [1.165, 1.54) is 58.4 Å². The average molecular weight is 621 g/mol. The maximum absolute atomic E-state index is 8.14. The minimum absolute atomic E-state index is 0.478. The topological polar surface area (TPSA) is 29.0 Å². The monoisotopic (exact) mass is 620 g/mol. The number of thiophene rings is 1. The molecule has 3 nitrogen and oxygen atoms in total. The molecule has 47 heavy (non-hydrogen) atoms. The molecule has 222 valence electrons. The third kappa shape index (κ3) is 3.67. The van der Waals surface area contributed by atoms with E-state index >= 15 is 0 Å². The molecule has 0 atom stereocenters. The first-order chi connectivity index (χ1) is 23.5. The molecule has 4 heteroatoms. The van der Waals surface area contributed by atoms with Crippen molar-refractivity contribution >= 4 is 75.6 Å². The van der Waals surface area contributed by atoms with Gasteiger partial charge in [0.25, 0.3) is 0 Å². The molecule has 3 heterocycles. The van der Waals surface area contributed by atoms with Gasteiger partial charge in [0.05, 0.1) is 28.5 Å². The number of hydrogen-bond acceptors (Lipinski definition) is 4. The molecule has 0 saturated heterocycles. The van der Waals surface area contributed by atoms with E-state index in [9.17, 15) is 0 Å². The lowest BCUT2D eigenvalue weighted by Gasteiger charge is -2.46. The highest BCUT2D eigenvalue weighted by molar-refractivity contribution is 7.26. The zero-order valence-electron chi connectivity index (χ0n) is 27.0. The maximum Gasteiger partial charge on any atom is 0.231 e. The van der Waals surface area contributed by atoms with Crippen LogP contribution in [0.3, 0.4) is 0 Å². The number of hydrogen-bond donors (Lipinski definition) is 0. The zero-order chi connectivity index (χ0) is 32.1. The predicted molar refractivity (Wildman–Crippen MR) is 200 cm³/mol. The van der Waals surface area contributed by atoms with Gasteiger partial charge in [0.1, 0.15) is 0 Å². The fourth-order valence-electron chi connectivity index (χ4n) is 7.94. The van der Waals surface area contributed by atoms with Crippen LogP contribution >= 0.6 is 11.3 Å². The summed E-state index contributed by atoms with van der Waals surface area (Å²) in [5.74, 6) is 0.664. The number of anilines is 2. The highest BCUT2D eigenvalue weighted by Gasteiger charge is 2.43. The summed E-state index contributed by atoms with van der Waals surface area (Å²) in [4.78, 5) is 13.3. The molecule has 0 amide bonds. The Hall–Kier alpha value is -5.58. The molecule has 10 rings (SSSR count). The molecular formula is C43H29N3S. The summed E-state index contributed by atoms with van der Waals surface area (Å²) in [6.45, 7) is 4.64. The third-order valence-corrected chi connectivity index (χ3v) is 11.1. The first kappa shape index (κ1) is 25.6. The third-order valence-electron chi connectivity index (χ3n) is 9.89. The summed E-state index contributed by atoms with van der Waals surface area (Å²) in [5, 5.41) is 8.49. The molecule has 2 aromatic heterocycles. The van der Waals surface area contributed by atoms with Crippen LogP contribution in [0.2, 0.25) is 0 Å². The van der Waals surface area contributed by atoms with E-state index in [1.54, 1.807) is 0 Å². The van der Waals surface area contributed by atoms with Crippen LogP contribution in [0.25, 0.3) is 75.0 Å². The van der Waals surface area contributed by atoms with Crippen molar-refractivity contribution in [3.05, 3.63) is 145 Å². The lowest BCUT2D eigenvalue weighted by molar-refractivity contribution is 0.529.